The number of fused-ring (bicyclic) bond motifs is 2. The van der Waals surface area contributed by atoms with Gasteiger partial charge >= 0.3 is 0 Å². The van der Waals surface area contributed by atoms with Crippen molar-refractivity contribution in [3.8, 4) is 0 Å². The number of hydrogen-bond acceptors (Lipinski definition) is 5. The maximum absolute atomic E-state index is 13.3. The lowest BCUT2D eigenvalue weighted by Crippen LogP contribution is -2.14. The molecule has 7 nitrogen and oxygen atoms in total. The Bertz CT molecular complexity index is 1520. The number of hydrogen-bond donors (Lipinski definition) is 2. The zero-order valence-corrected chi connectivity index (χ0v) is 18.4. The van der Waals surface area contributed by atoms with Crippen LogP contribution in [0.15, 0.2) is 77.9 Å². The molecule has 0 saturated carbocycles. The number of amides is 1. The van der Waals surface area contributed by atoms with Crippen molar-refractivity contribution in [1.82, 2.24) is 14.6 Å². The zero-order valence-electron chi connectivity index (χ0n) is 17.7. The highest BCUT2D eigenvalue weighted by Gasteiger charge is 2.24. The van der Waals surface area contributed by atoms with Crippen molar-refractivity contribution in [2.45, 2.75) is 6.92 Å². The number of nitrogens with two attached hydrogens (primary N) is 1. The molecule has 3 N–H and O–H groups in total. The summed E-state index contributed by atoms with van der Waals surface area (Å²) in [5.41, 5.74) is 11.3. The molecule has 3 aromatic carbocycles. The Kier molecular flexibility index (Phi) is 5.24. The molecule has 0 atom stereocenters. The maximum atomic E-state index is 13.3. The number of carbonyl (C=O) groups is 1. The molecule has 0 bridgehead atoms. The number of benzene rings is 3. The number of nitrogens with zero attached hydrogens (tertiary/aromatic N) is 4. The lowest BCUT2D eigenvalue weighted by atomic mass is 10.2. The highest BCUT2D eigenvalue weighted by atomic mass is 35.5. The van der Waals surface area contributed by atoms with Crippen molar-refractivity contribution in [3.63, 3.8) is 0 Å². The van der Waals surface area contributed by atoms with Gasteiger partial charge in [-0.3, -0.25) is 4.79 Å². The van der Waals surface area contributed by atoms with Gasteiger partial charge in [-0.2, -0.15) is 9.78 Å². The van der Waals surface area contributed by atoms with Gasteiger partial charge in [-0.25, -0.2) is 9.97 Å². The molecule has 5 aromatic rings. The molecule has 33 heavy (non-hydrogen) atoms. The van der Waals surface area contributed by atoms with Crippen molar-refractivity contribution in [3.05, 3.63) is 94.5 Å². The van der Waals surface area contributed by atoms with Crippen LogP contribution in [0.2, 0.25) is 5.02 Å². The van der Waals surface area contributed by atoms with E-state index in [9.17, 15) is 4.79 Å². The Morgan fingerprint density at radius 2 is 1.67 bits per heavy atom. The van der Waals surface area contributed by atoms with Crippen LogP contribution in [0, 0.1) is 6.92 Å². The van der Waals surface area contributed by atoms with Gasteiger partial charge in [-0.15, -0.1) is 0 Å². The smallest absolute Gasteiger partial charge is 0.261 e. The summed E-state index contributed by atoms with van der Waals surface area (Å²) in [5, 5.41) is 8.03. The Labute approximate surface area is 194 Å². The second-order valence-electron chi connectivity index (χ2n) is 7.57. The number of rotatable bonds is 4. The Balaban J connectivity index is 1.65. The fourth-order valence-corrected chi connectivity index (χ4v) is 3.62. The van der Waals surface area contributed by atoms with Crippen LogP contribution in [0.5, 0.6) is 0 Å². The molecular weight excluding hydrogens is 436 g/mol. The lowest BCUT2D eigenvalue weighted by molar-refractivity contribution is 0.102. The molecule has 0 aliphatic carbocycles. The van der Waals surface area contributed by atoms with E-state index in [4.69, 9.17) is 22.3 Å². The van der Waals surface area contributed by atoms with Crippen molar-refractivity contribution in [1.29, 1.82) is 0 Å². The van der Waals surface area contributed by atoms with Gasteiger partial charge in [0, 0.05) is 10.7 Å². The first-order valence-corrected chi connectivity index (χ1v) is 10.6. The molecule has 2 aromatic heterocycles. The van der Waals surface area contributed by atoms with Crippen molar-refractivity contribution < 1.29 is 4.79 Å². The number of nitrogens with one attached hydrogen (secondary N) is 1. The van der Waals surface area contributed by atoms with Crippen molar-refractivity contribution in [2.24, 2.45) is 5.10 Å². The molecule has 0 unspecified atom stereocenters. The summed E-state index contributed by atoms with van der Waals surface area (Å²) in [5.74, 6) is -0.235. The highest BCUT2D eigenvalue weighted by molar-refractivity contribution is 6.30. The van der Waals surface area contributed by atoms with E-state index in [0.29, 0.717) is 32.9 Å². The number of nitrogen functional groups attached to an aromatic ring is 1. The maximum Gasteiger partial charge on any atom is 0.261 e. The predicted octanol–water partition coefficient (Wildman–Crippen LogP) is 5.26. The molecule has 0 saturated heterocycles. The van der Waals surface area contributed by atoms with Gasteiger partial charge in [0.1, 0.15) is 16.9 Å². The second-order valence-corrected chi connectivity index (χ2v) is 8.01. The average molecular weight is 455 g/mol. The summed E-state index contributed by atoms with van der Waals surface area (Å²) in [6.45, 7) is 1.98. The van der Waals surface area contributed by atoms with Crippen LogP contribution in [0.1, 0.15) is 21.5 Å². The largest absolute Gasteiger partial charge is 0.383 e. The van der Waals surface area contributed by atoms with E-state index >= 15 is 0 Å². The second kappa shape index (κ2) is 8.37. The number of carbonyl (C=O) groups excluding carboxylic acids is 1. The number of aryl methyl sites for hydroxylation is 1. The lowest BCUT2D eigenvalue weighted by Gasteiger charge is -2.06. The van der Waals surface area contributed by atoms with Gasteiger partial charge in [0.15, 0.2) is 5.65 Å². The van der Waals surface area contributed by atoms with Gasteiger partial charge in [0.2, 0.25) is 0 Å². The monoisotopic (exact) mass is 454 g/mol. The topological polar surface area (TPSA) is 98.2 Å². The molecule has 2 heterocycles. The summed E-state index contributed by atoms with van der Waals surface area (Å²) >= 11 is 5.97. The molecule has 0 spiro atoms. The van der Waals surface area contributed by atoms with E-state index in [1.807, 2.05) is 67.6 Å². The van der Waals surface area contributed by atoms with Crippen molar-refractivity contribution in [2.75, 3.05) is 11.1 Å². The van der Waals surface area contributed by atoms with Crippen LogP contribution in [0.25, 0.3) is 22.2 Å². The Hall–Kier alpha value is -4.23. The van der Waals surface area contributed by atoms with Gasteiger partial charge in [-0.1, -0.05) is 53.6 Å². The predicted molar refractivity (Wildman–Crippen MR) is 133 cm³/mol. The fraction of sp³-hybridized carbons (Fsp3) is 0.0400. The van der Waals surface area contributed by atoms with E-state index in [1.54, 1.807) is 18.3 Å². The standard InChI is InChI=1S/C25H19ClN6O/c1-15-6-12-18(13-7-15)29-25(33)21-22-24(31-20-5-3-2-4-19(20)30-22)32(23(21)27)28-14-16-8-10-17(26)11-9-16/h2-14H,27H2,1H3,(H,29,33)/b28-14-. The number of aromatic nitrogens is 3. The summed E-state index contributed by atoms with van der Waals surface area (Å²) in [6, 6.07) is 22.2. The highest BCUT2D eigenvalue weighted by Crippen LogP contribution is 2.28. The van der Waals surface area contributed by atoms with E-state index in [1.165, 1.54) is 4.68 Å². The van der Waals surface area contributed by atoms with Crippen LogP contribution in [-0.4, -0.2) is 26.8 Å². The molecule has 8 heteroatoms. The SMILES string of the molecule is Cc1ccc(NC(=O)c2c(N)n(/N=C\c3ccc(Cl)cc3)c3nc4ccccc4nc23)cc1. The Morgan fingerprint density at radius 1 is 1.00 bits per heavy atom. The molecular formula is C25H19ClN6O. The summed E-state index contributed by atoms with van der Waals surface area (Å²) in [7, 11) is 0. The van der Waals surface area contributed by atoms with Crippen LogP contribution in [-0.2, 0) is 0 Å². The van der Waals surface area contributed by atoms with Crippen LogP contribution in [0.3, 0.4) is 0 Å². The first kappa shape index (κ1) is 20.7. The van der Waals surface area contributed by atoms with Crippen LogP contribution < -0.4 is 11.1 Å². The third kappa shape index (κ3) is 4.02. The van der Waals surface area contributed by atoms with Gasteiger partial charge in [-0.05, 0) is 48.9 Å². The molecule has 0 aliphatic rings. The summed E-state index contributed by atoms with van der Waals surface area (Å²) < 4.78 is 1.44. The average Bonchev–Trinajstić information content (AvgIpc) is 3.09. The minimum atomic E-state index is -0.383. The third-order valence-electron chi connectivity index (χ3n) is 5.20. The summed E-state index contributed by atoms with van der Waals surface area (Å²) in [4.78, 5) is 22.6. The van der Waals surface area contributed by atoms with Gasteiger partial charge in [0.25, 0.3) is 5.91 Å². The molecule has 0 fully saturated rings. The molecule has 0 aliphatic heterocycles. The normalized spacial score (nSPS) is 11.5. The van der Waals surface area contributed by atoms with Gasteiger partial charge in [0.05, 0.1) is 17.2 Å². The molecule has 162 valence electrons. The quantitative estimate of drug-likeness (QED) is 0.362. The Morgan fingerprint density at radius 3 is 2.36 bits per heavy atom. The zero-order chi connectivity index (χ0) is 22.9. The van der Waals surface area contributed by atoms with Crippen molar-refractivity contribution >= 4 is 57.4 Å². The number of anilines is 2. The minimum absolute atomic E-state index is 0.148. The molecule has 1 amide bonds. The summed E-state index contributed by atoms with van der Waals surface area (Å²) in [6.07, 6.45) is 1.63. The number of para-hydroxylation sites is 2. The third-order valence-corrected chi connectivity index (χ3v) is 5.45. The first-order valence-electron chi connectivity index (χ1n) is 10.2. The van der Waals surface area contributed by atoms with Gasteiger partial charge < -0.3 is 11.1 Å². The van der Waals surface area contributed by atoms with E-state index in [-0.39, 0.29) is 17.3 Å². The molecule has 0 radical (unpaired) electrons. The van der Waals surface area contributed by atoms with E-state index < -0.39 is 0 Å². The first-order chi connectivity index (χ1) is 16.0. The number of halogens is 1. The fourth-order valence-electron chi connectivity index (χ4n) is 3.49. The van der Waals surface area contributed by atoms with Crippen LogP contribution >= 0.6 is 11.6 Å². The molecule has 5 rings (SSSR count). The van der Waals surface area contributed by atoms with Crippen LogP contribution in [0.4, 0.5) is 11.5 Å². The minimum Gasteiger partial charge on any atom is -0.383 e. The van der Waals surface area contributed by atoms with E-state index in [0.717, 1.165) is 11.1 Å². The van der Waals surface area contributed by atoms with E-state index in [2.05, 4.69) is 15.4 Å².